The Morgan fingerprint density at radius 2 is 1.04 bits per heavy atom. The molecular formula is C70H66N4O. The number of benzene rings is 8. The minimum absolute atomic E-state index is 0.0697. The van der Waals surface area contributed by atoms with Gasteiger partial charge in [-0.3, -0.25) is 13.7 Å². The summed E-state index contributed by atoms with van der Waals surface area (Å²) in [5.74, 6) is 2.33. The first kappa shape index (κ1) is 49.0. The van der Waals surface area contributed by atoms with Crippen molar-refractivity contribution in [3.63, 3.8) is 0 Å². The van der Waals surface area contributed by atoms with Crippen LogP contribution in [0.3, 0.4) is 0 Å². The van der Waals surface area contributed by atoms with Crippen LogP contribution in [0.2, 0.25) is 0 Å². The molecule has 11 aromatic rings. The molecule has 11 rings (SSSR count). The second kappa shape index (κ2) is 18.9. The second-order valence-electron chi connectivity index (χ2n) is 23.2. The van der Waals surface area contributed by atoms with Crippen molar-refractivity contribution in [2.45, 2.75) is 90.9 Å². The summed E-state index contributed by atoms with van der Waals surface area (Å²) in [7, 11) is 0. The first-order valence-corrected chi connectivity index (χ1v) is 26.3. The van der Waals surface area contributed by atoms with Crippen molar-refractivity contribution in [1.29, 1.82) is 0 Å². The highest BCUT2D eigenvalue weighted by atomic mass is 16.5. The van der Waals surface area contributed by atoms with Crippen molar-refractivity contribution < 1.29 is 9.30 Å². The normalized spacial score (nSPS) is 12.4. The average molecular weight is 979 g/mol. The third-order valence-corrected chi connectivity index (χ3v) is 15.3. The summed E-state index contributed by atoms with van der Waals surface area (Å²) < 4.78 is 14.1. The molecule has 5 nitrogen and oxygen atoms in total. The van der Waals surface area contributed by atoms with Gasteiger partial charge in [0, 0.05) is 40.1 Å². The Labute approximate surface area is 443 Å². The Morgan fingerprint density at radius 3 is 1.69 bits per heavy atom. The zero-order valence-corrected chi connectivity index (χ0v) is 45.0. The molecule has 0 atom stereocenters. The van der Waals surface area contributed by atoms with Gasteiger partial charge in [-0.25, -0.2) is 4.98 Å². The summed E-state index contributed by atoms with van der Waals surface area (Å²) in [5, 5.41) is 2.35. The summed E-state index contributed by atoms with van der Waals surface area (Å²) in [6, 6.07) is 74.2. The van der Waals surface area contributed by atoms with E-state index in [1.54, 1.807) is 0 Å². The summed E-state index contributed by atoms with van der Waals surface area (Å²) in [6.07, 6.45) is 8.04. The highest BCUT2D eigenvalue weighted by Crippen LogP contribution is 2.46. The first-order chi connectivity index (χ1) is 35.9. The largest absolute Gasteiger partial charge is 0.458 e. The number of imidazole rings is 1. The number of hydrogen-bond acceptors (Lipinski definition) is 2. The van der Waals surface area contributed by atoms with Crippen LogP contribution in [0.25, 0.3) is 61.4 Å². The van der Waals surface area contributed by atoms with Crippen LogP contribution in [0.15, 0.2) is 219 Å². The zero-order valence-electron chi connectivity index (χ0n) is 45.0. The third kappa shape index (κ3) is 9.37. The SMILES string of the molecule is CC(C)(C)c1cc(-c2ccccc2)cc(-[n+]2[c-]n(-c3cc(Oc4cc(C(C)(C)c5ccccc5)c5c6ccccc6n(-c6cc(C(C)(C)C)ccn6)c5c4)cc(C(C)(C)c4ccccc4)c3)c(-c3ccccc3)c2)c1. The van der Waals surface area contributed by atoms with Gasteiger partial charge in [-0.05, 0) is 115 Å². The van der Waals surface area contributed by atoms with Crippen molar-refractivity contribution in [2.24, 2.45) is 0 Å². The number of fused-ring (bicyclic) bond motifs is 3. The Morgan fingerprint density at radius 1 is 0.453 bits per heavy atom. The maximum atomic E-state index is 7.44. The Hall–Kier alpha value is -8.28. The van der Waals surface area contributed by atoms with Crippen LogP contribution < -0.4 is 9.30 Å². The van der Waals surface area contributed by atoms with Gasteiger partial charge >= 0.3 is 0 Å². The maximum absolute atomic E-state index is 7.44. The highest BCUT2D eigenvalue weighted by Gasteiger charge is 2.31. The molecule has 0 radical (unpaired) electrons. The van der Waals surface area contributed by atoms with E-state index in [0.717, 1.165) is 56.5 Å². The van der Waals surface area contributed by atoms with Crippen molar-refractivity contribution in [3.05, 3.63) is 258 Å². The number of para-hydroxylation sites is 1. The molecule has 0 bridgehead atoms. The van der Waals surface area contributed by atoms with E-state index in [0.29, 0.717) is 0 Å². The summed E-state index contributed by atoms with van der Waals surface area (Å²) in [5.41, 5.74) is 14.7. The number of nitrogens with zero attached hydrogens (tertiary/aromatic N) is 4. The molecule has 0 spiro atoms. The number of pyridine rings is 1. The van der Waals surface area contributed by atoms with Crippen LogP contribution >= 0.6 is 0 Å². The van der Waals surface area contributed by atoms with E-state index < -0.39 is 10.8 Å². The molecule has 75 heavy (non-hydrogen) atoms. The summed E-state index contributed by atoms with van der Waals surface area (Å²) in [4.78, 5) is 5.08. The molecule has 0 N–H and O–H groups in total. The number of aromatic nitrogens is 4. The average Bonchev–Trinajstić information content (AvgIpc) is 4.08. The fourth-order valence-corrected chi connectivity index (χ4v) is 10.7. The predicted octanol–water partition coefficient (Wildman–Crippen LogP) is 17.4. The van der Waals surface area contributed by atoms with Gasteiger partial charge in [0.1, 0.15) is 17.3 Å². The van der Waals surface area contributed by atoms with Crippen molar-refractivity contribution >= 4 is 21.8 Å². The molecule has 0 aliphatic carbocycles. The lowest BCUT2D eigenvalue weighted by Crippen LogP contribution is -2.29. The number of ether oxygens (including phenoxy) is 1. The van der Waals surface area contributed by atoms with Crippen LogP contribution in [0.5, 0.6) is 11.5 Å². The van der Waals surface area contributed by atoms with E-state index in [4.69, 9.17) is 9.72 Å². The van der Waals surface area contributed by atoms with Crippen molar-refractivity contribution in [1.82, 2.24) is 14.1 Å². The summed E-state index contributed by atoms with van der Waals surface area (Å²) >= 11 is 0. The molecule has 0 aliphatic heterocycles. The number of rotatable bonds is 11. The van der Waals surface area contributed by atoms with E-state index in [2.05, 4.69) is 302 Å². The zero-order chi connectivity index (χ0) is 52.3. The van der Waals surface area contributed by atoms with E-state index in [1.165, 1.54) is 49.7 Å². The molecular weight excluding hydrogens is 913 g/mol. The van der Waals surface area contributed by atoms with Crippen LogP contribution in [0.1, 0.15) is 103 Å². The molecule has 5 heteroatoms. The molecule has 372 valence electrons. The third-order valence-electron chi connectivity index (χ3n) is 15.3. The molecule has 0 saturated heterocycles. The minimum atomic E-state index is -0.417. The molecule has 3 heterocycles. The Bertz CT molecular complexity index is 3850. The standard InChI is InChI=1S/C70H66N4O/c1-67(2,3)53-35-36-71-65(42-53)74-62-34-24-23-33-60(62)66-61(70(9,10)52-31-21-14-22-32-52)44-59(45-63(66)74)75-58-41-55(69(7,8)51-29-19-13-20-30-51)40-57(43-58)73-47-72(46-64(73)49-27-17-12-18-28-49)56-38-50(48-25-15-11-16-26-48)37-54(39-56)68(4,5)6/h11-46H,1-10H3. The van der Waals surface area contributed by atoms with Crippen LogP contribution in [0.4, 0.5) is 0 Å². The van der Waals surface area contributed by atoms with Gasteiger partial charge in [-0.2, -0.15) is 0 Å². The smallest absolute Gasteiger partial charge is 0.269 e. The van der Waals surface area contributed by atoms with Gasteiger partial charge in [-0.1, -0.05) is 215 Å². The molecule has 0 aliphatic rings. The van der Waals surface area contributed by atoms with Gasteiger partial charge < -0.3 is 4.74 Å². The van der Waals surface area contributed by atoms with Gasteiger partial charge in [0.15, 0.2) is 0 Å². The predicted molar refractivity (Wildman–Crippen MR) is 310 cm³/mol. The van der Waals surface area contributed by atoms with Gasteiger partial charge in [0.2, 0.25) is 0 Å². The topological polar surface area (TPSA) is 35.9 Å². The minimum Gasteiger partial charge on any atom is -0.458 e. The fraction of sp³-hybridized carbons (Fsp3) is 0.200. The van der Waals surface area contributed by atoms with Gasteiger partial charge in [0.05, 0.1) is 28.1 Å². The molecule has 0 unspecified atom stereocenters. The van der Waals surface area contributed by atoms with Crippen LogP contribution in [-0.4, -0.2) is 14.1 Å². The monoisotopic (exact) mass is 979 g/mol. The Balaban J connectivity index is 1.15. The summed E-state index contributed by atoms with van der Waals surface area (Å²) in [6.45, 7) is 22.9. The lowest BCUT2D eigenvalue weighted by atomic mass is 9.76. The molecule has 0 saturated carbocycles. The first-order valence-electron chi connectivity index (χ1n) is 26.3. The van der Waals surface area contributed by atoms with Crippen molar-refractivity contribution in [2.75, 3.05) is 0 Å². The van der Waals surface area contributed by atoms with Crippen LogP contribution in [-0.2, 0) is 21.7 Å². The van der Waals surface area contributed by atoms with E-state index in [-0.39, 0.29) is 10.8 Å². The van der Waals surface area contributed by atoms with Gasteiger partial charge in [0.25, 0.3) is 6.33 Å². The maximum Gasteiger partial charge on any atom is 0.269 e. The number of hydrogen-bond donors (Lipinski definition) is 0. The molecule has 0 fully saturated rings. The van der Waals surface area contributed by atoms with Crippen LogP contribution in [0, 0.1) is 6.33 Å². The Kier molecular flexibility index (Phi) is 12.3. The lowest BCUT2D eigenvalue weighted by Gasteiger charge is -2.29. The quantitative estimate of drug-likeness (QED) is 0.0956. The lowest BCUT2D eigenvalue weighted by molar-refractivity contribution is -0.599. The van der Waals surface area contributed by atoms with Gasteiger partial charge in [-0.15, -0.1) is 0 Å². The van der Waals surface area contributed by atoms with E-state index >= 15 is 0 Å². The molecule has 3 aromatic heterocycles. The van der Waals surface area contributed by atoms with Crippen molar-refractivity contribution in [3.8, 4) is 51.1 Å². The molecule has 8 aromatic carbocycles. The molecule has 0 amide bonds. The van der Waals surface area contributed by atoms with E-state index in [1.807, 2.05) is 6.20 Å². The van der Waals surface area contributed by atoms with E-state index in [9.17, 15) is 0 Å². The highest BCUT2D eigenvalue weighted by molar-refractivity contribution is 6.11. The second-order valence-corrected chi connectivity index (χ2v) is 23.2. The fourth-order valence-electron chi connectivity index (χ4n) is 10.7.